The van der Waals surface area contributed by atoms with Gasteiger partial charge in [-0.25, -0.2) is 4.79 Å². The first kappa shape index (κ1) is 34.7. The van der Waals surface area contributed by atoms with Crippen molar-refractivity contribution < 1.29 is 28.2 Å². The third kappa shape index (κ3) is 7.46. The molecule has 1 heterocycles. The number of aryl methyl sites for hydroxylation is 1. The molecule has 0 radical (unpaired) electrons. The van der Waals surface area contributed by atoms with Crippen LogP contribution in [0.3, 0.4) is 0 Å². The number of methoxy groups -OCH3 is 1. The lowest BCUT2D eigenvalue weighted by atomic mass is 9.45. The van der Waals surface area contributed by atoms with Crippen LogP contribution in [0.4, 0.5) is 0 Å². The molecule has 2 aliphatic carbocycles. The maximum Gasteiger partial charge on any atom is 0.347 e. The number of hydrogen-bond acceptors (Lipinski definition) is 7. The molecule has 7 nitrogen and oxygen atoms in total. The van der Waals surface area contributed by atoms with Crippen LogP contribution in [0.15, 0.2) is 33.0 Å². The maximum atomic E-state index is 13.5. The van der Waals surface area contributed by atoms with Crippen molar-refractivity contribution in [3.8, 4) is 5.95 Å². The van der Waals surface area contributed by atoms with Gasteiger partial charge >= 0.3 is 11.9 Å². The molecule has 0 saturated heterocycles. The van der Waals surface area contributed by atoms with Gasteiger partial charge in [0.2, 0.25) is 0 Å². The summed E-state index contributed by atoms with van der Waals surface area (Å²) in [6.45, 7) is 22.2. The Morgan fingerprint density at radius 1 is 1.14 bits per heavy atom. The molecule has 2 aliphatic rings. The Kier molecular flexibility index (Phi) is 11.2. The number of esters is 2. The van der Waals surface area contributed by atoms with Crippen LogP contribution in [0.25, 0.3) is 0 Å². The predicted molar refractivity (Wildman–Crippen MR) is 169 cm³/mol. The molecular formula is C36H54O7. The highest BCUT2D eigenvalue weighted by molar-refractivity contribution is 5.78. The summed E-state index contributed by atoms with van der Waals surface area (Å²) < 4.78 is 23.3. The number of carbonyl (C=O) groups excluding carboxylic acids is 2. The number of carbonyl (C=O) groups is 2. The van der Waals surface area contributed by atoms with E-state index >= 15 is 0 Å². The first-order valence-corrected chi connectivity index (χ1v) is 15.9. The van der Waals surface area contributed by atoms with Gasteiger partial charge in [-0.05, 0) is 102 Å². The Hall–Kier alpha value is -2.83. The van der Waals surface area contributed by atoms with Crippen molar-refractivity contribution in [1.82, 2.24) is 0 Å². The van der Waals surface area contributed by atoms with Gasteiger partial charge < -0.3 is 18.6 Å². The summed E-state index contributed by atoms with van der Waals surface area (Å²) in [7, 11) is 1.54. The molecule has 6 atom stereocenters. The first-order valence-electron chi connectivity index (χ1n) is 15.9. The van der Waals surface area contributed by atoms with E-state index in [1.807, 2.05) is 13.8 Å². The van der Waals surface area contributed by atoms with Gasteiger partial charge in [-0.3, -0.25) is 9.59 Å². The fraction of sp³-hybridized carbons (Fsp3) is 0.694. The number of fused-ring (bicyclic) bond motifs is 1. The van der Waals surface area contributed by atoms with Gasteiger partial charge in [0.25, 0.3) is 5.95 Å². The summed E-state index contributed by atoms with van der Waals surface area (Å²) >= 11 is 0. The van der Waals surface area contributed by atoms with E-state index in [1.54, 1.807) is 21.0 Å². The minimum Gasteiger partial charge on any atom is -0.468 e. The lowest BCUT2D eigenvalue weighted by Crippen LogP contribution is -2.57. The average Bonchev–Trinajstić information content (AvgIpc) is 2.90. The van der Waals surface area contributed by atoms with E-state index in [0.717, 1.165) is 37.7 Å². The third-order valence-electron chi connectivity index (χ3n) is 10.3. The summed E-state index contributed by atoms with van der Waals surface area (Å²) in [4.78, 5) is 38.8. The van der Waals surface area contributed by atoms with Gasteiger partial charge in [-0.2, -0.15) is 0 Å². The van der Waals surface area contributed by atoms with E-state index in [4.69, 9.17) is 18.6 Å². The molecule has 0 aliphatic heterocycles. The second kappa shape index (κ2) is 13.9. The van der Waals surface area contributed by atoms with Gasteiger partial charge in [-0.15, -0.1) is 0 Å². The Morgan fingerprint density at radius 3 is 2.40 bits per heavy atom. The van der Waals surface area contributed by atoms with Gasteiger partial charge in [-0.1, -0.05) is 51.5 Å². The zero-order valence-corrected chi connectivity index (χ0v) is 28.2. The van der Waals surface area contributed by atoms with Crippen LogP contribution >= 0.6 is 0 Å². The first-order chi connectivity index (χ1) is 20.0. The third-order valence-corrected chi connectivity index (χ3v) is 10.3. The minimum atomic E-state index is -0.914. The number of rotatable bonds is 11. The summed E-state index contributed by atoms with van der Waals surface area (Å²) in [5.74, 6) is 0.331. The van der Waals surface area contributed by atoms with Crippen LogP contribution in [0.2, 0.25) is 0 Å². The van der Waals surface area contributed by atoms with E-state index in [0.29, 0.717) is 36.1 Å². The highest BCUT2D eigenvalue weighted by Crippen LogP contribution is 2.63. The van der Waals surface area contributed by atoms with Gasteiger partial charge in [0.15, 0.2) is 11.5 Å². The molecule has 0 amide bonds. The summed E-state index contributed by atoms with van der Waals surface area (Å²) in [6, 6.07) is 0. The molecule has 0 aromatic carbocycles. The molecule has 2 saturated carbocycles. The predicted octanol–water partition coefficient (Wildman–Crippen LogP) is 7.83. The van der Waals surface area contributed by atoms with E-state index < -0.39 is 18.0 Å². The summed E-state index contributed by atoms with van der Waals surface area (Å²) in [5, 5.41) is 0. The lowest BCUT2D eigenvalue weighted by Gasteiger charge is -2.61. The Labute approximate surface area is 258 Å². The van der Waals surface area contributed by atoms with Crippen LogP contribution < -0.4 is 10.2 Å². The van der Waals surface area contributed by atoms with Crippen LogP contribution in [-0.2, 0) is 25.5 Å². The van der Waals surface area contributed by atoms with Crippen molar-refractivity contribution in [2.45, 2.75) is 126 Å². The largest absolute Gasteiger partial charge is 0.468 e. The highest BCUT2D eigenvalue weighted by atomic mass is 16.6. The SMILES string of the molecule is C=C1CC[C@H]2[C@](C)(CCC=C(C)C)[C@@H](OC(=O)[C@@H](CC(C)C)OC(C)=O)CC[C@]2(C)[C@@H]1Cc1c(OC)oc(C)c(C)c1=O. The van der Waals surface area contributed by atoms with E-state index in [9.17, 15) is 14.4 Å². The molecule has 0 N–H and O–H groups in total. The van der Waals surface area contributed by atoms with E-state index in [-0.39, 0.29) is 46.1 Å². The van der Waals surface area contributed by atoms with Crippen molar-refractivity contribution in [2.75, 3.05) is 7.11 Å². The summed E-state index contributed by atoms with van der Waals surface area (Å²) in [6.07, 6.45) is 6.94. The van der Waals surface area contributed by atoms with Gasteiger partial charge in [0.1, 0.15) is 11.9 Å². The molecular weight excluding hydrogens is 544 g/mol. The normalized spacial score (nSPS) is 27.7. The zero-order valence-electron chi connectivity index (χ0n) is 28.2. The molecule has 240 valence electrons. The van der Waals surface area contributed by atoms with E-state index in [1.165, 1.54) is 12.5 Å². The quantitative estimate of drug-likeness (QED) is 0.189. The Bertz CT molecular complexity index is 1280. The fourth-order valence-electron chi connectivity index (χ4n) is 7.89. The standard InChI is InChI=1S/C36H54O7/c1-21(2)13-12-17-36(10)30-15-14-23(5)28(20-27-32(38)24(6)25(7)41-34(27)40-11)35(30,9)18-16-31(36)43-33(39)29(19-22(3)4)42-26(8)37/h13,22,28-31H,5,12,14-20H2,1-4,6-11H3/t28-,29-,30-,31+,35-,36+/m1/s1. The molecule has 0 unspecified atom stereocenters. The lowest BCUT2D eigenvalue weighted by molar-refractivity contribution is -0.193. The molecule has 0 spiro atoms. The molecule has 1 aromatic heterocycles. The second-order valence-corrected chi connectivity index (χ2v) is 14.1. The van der Waals surface area contributed by atoms with Crippen LogP contribution in [-0.4, -0.2) is 31.3 Å². The molecule has 1 aromatic rings. The van der Waals surface area contributed by atoms with Crippen LogP contribution in [0.5, 0.6) is 5.95 Å². The van der Waals surface area contributed by atoms with Crippen molar-refractivity contribution in [3.05, 3.63) is 50.9 Å². The molecule has 0 bridgehead atoms. The van der Waals surface area contributed by atoms with E-state index in [2.05, 4.69) is 40.3 Å². The van der Waals surface area contributed by atoms with Gasteiger partial charge in [0.05, 0.1) is 12.7 Å². The average molecular weight is 599 g/mol. The van der Waals surface area contributed by atoms with Gasteiger partial charge in [0, 0.05) is 17.9 Å². The molecule has 7 heteroatoms. The smallest absolute Gasteiger partial charge is 0.347 e. The van der Waals surface area contributed by atoms with Crippen molar-refractivity contribution in [2.24, 2.45) is 28.6 Å². The number of allylic oxidation sites excluding steroid dienone is 3. The Balaban J connectivity index is 2.02. The molecule has 2 fully saturated rings. The van der Waals surface area contributed by atoms with Crippen molar-refractivity contribution >= 4 is 11.9 Å². The molecule has 3 rings (SSSR count). The summed E-state index contributed by atoms with van der Waals surface area (Å²) in [5.41, 5.74) is 3.03. The highest BCUT2D eigenvalue weighted by Gasteiger charge is 2.59. The maximum absolute atomic E-state index is 13.5. The zero-order chi connectivity index (χ0) is 32.3. The fourth-order valence-corrected chi connectivity index (χ4v) is 7.89. The monoisotopic (exact) mass is 598 g/mol. The van der Waals surface area contributed by atoms with Crippen molar-refractivity contribution in [3.63, 3.8) is 0 Å². The Morgan fingerprint density at radius 2 is 1.81 bits per heavy atom. The topological polar surface area (TPSA) is 92.0 Å². The minimum absolute atomic E-state index is 0.0327. The van der Waals surface area contributed by atoms with Crippen molar-refractivity contribution in [1.29, 1.82) is 0 Å². The number of ether oxygens (including phenoxy) is 3. The number of hydrogen-bond donors (Lipinski definition) is 0. The second-order valence-electron chi connectivity index (χ2n) is 14.1. The van der Waals surface area contributed by atoms with Crippen LogP contribution in [0, 0.1) is 42.4 Å². The van der Waals surface area contributed by atoms with Crippen LogP contribution in [0.1, 0.15) is 110 Å². The molecule has 43 heavy (non-hydrogen) atoms.